The van der Waals surface area contributed by atoms with Crippen LogP contribution >= 0.6 is 0 Å². The maximum atomic E-state index is 12.7. The first kappa shape index (κ1) is 15.4. The second kappa shape index (κ2) is 6.76. The number of rotatable bonds is 5. The number of aromatic nitrogens is 3. The van der Waals surface area contributed by atoms with Crippen LogP contribution in [0.15, 0.2) is 67.3 Å². The molecule has 1 aliphatic heterocycles. The summed E-state index contributed by atoms with van der Waals surface area (Å²) in [7, 11) is 0. The number of hydrogen-bond acceptors (Lipinski definition) is 4. The van der Waals surface area contributed by atoms with Crippen LogP contribution in [-0.2, 0) is 11.3 Å². The van der Waals surface area contributed by atoms with E-state index in [0.29, 0.717) is 6.54 Å². The number of carbonyl (C=O) groups is 1. The first-order valence-corrected chi connectivity index (χ1v) is 8.34. The van der Waals surface area contributed by atoms with E-state index in [1.165, 1.54) is 0 Å². The summed E-state index contributed by atoms with van der Waals surface area (Å²) >= 11 is 0. The molecule has 1 N–H and O–H groups in total. The first-order valence-electron chi connectivity index (χ1n) is 8.34. The maximum Gasteiger partial charge on any atom is 0.249 e. The molecule has 0 radical (unpaired) electrons. The zero-order valence-electron chi connectivity index (χ0n) is 13.7. The minimum atomic E-state index is -0.189. The van der Waals surface area contributed by atoms with Crippen LogP contribution in [0.3, 0.4) is 0 Å². The van der Waals surface area contributed by atoms with E-state index in [4.69, 9.17) is 0 Å². The molecule has 1 saturated heterocycles. The molecule has 1 aliphatic rings. The molecule has 1 aromatic heterocycles. The Balaban J connectivity index is 1.45. The van der Waals surface area contributed by atoms with Crippen LogP contribution in [0, 0.1) is 0 Å². The highest BCUT2D eigenvalue weighted by molar-refractivity contribution is 6.01. The Labute approximate surface area is 146 Å². The summed E-state index contributed by atoms with van der Waals surface area (Å²) in [6.45, 7) is 1.44. The van der Waals surface area contributed by atoms with E-state index >= 15 is 0 Å². The average Bonchev–Trinajstić information content (AvgIpc) is 3.27. The van der Waals surface area contributed by atoms with Gasteiger partial charge in [0.15, 0.2) is 0 Å². The third-order valence-corrected chi connectivity index (χ3v) is 4.37. The predicted octanol–water partition coefficient (Wildman–Crippen LogP) is 2.54. The molecule has 3 aromatic rings. The van der Waals surface area contributed by atoms with Gasteiger partial charge in [0.25, 0.3) is 0 Å². The number of hydrogen-bond donors (Lipinski definition) is 1. The largest absolute Gasteiger partial charge is 0.374 e. The van der Waals surface area contributed by atoms with Gasteiger partial charge in [-0.15, -0.1) is 10.2 Å². The number of benzene rings is 2. The molecule has 0 spiro atoms. The lowest BCUT2D eigenvalue weighted by Gasteiger charge is -2.18. The molecule has 126 valence electrons. The monoisotopic (exact) mass is 333 g/mol. The van der Waals surface area contributed by atoms with Crippen molar-refractivity contribution in [3.63, 3.8) is 0 Å². The Morgan fingerprint density at radius 2 is 1.84 bits per heavy atom. The lowest BCUT2D eigenvalue weighted by atomic mass is 10.1. The Kier molecular flexibility index (Phi) is 4.16. The summed E-state index contributed by atoms with van der Waals surface area (Å²) in [6, 6.07) is 17.7. The predicted molar refractivity (Wildman–Crippen MR) is 96.4 cm³/mol. The molecular weight excluding hydrogens is 314 g/mol. The van der Waals surface area contributed by atoms with Crippen molar-refractivity contribution < 1.29 is 4.79 Å². The number of nitrogens with zero attached hydrogens (tertiary/aromatic N) is 4. The smallest absolute Gasteiger partial charge is 0.249 e. The molecule has 4 rings (SSSR count). The van der Waals surface area contributed by atoms with Crippen LogP contribution in [0.2, 0.25) is 0 Å². The normalized spacial score (nSPS) is 17.0. The van der Waals surface area contributed by atoms with Crippen molar-refractivity contribution in [3.8, 4) is 0 Å². The topological polar surface area (TPSA) is 63.1 Å². The minimum absolute atomic E-state index is 0.121. The van der Waals surface area contributed by atoms with Gasteiger partial charge in [-0.3, -0.25) is 4.79 Å². The Morgan fingerprint density at radius 3 is 2.64 bits per heavy atom. The van der Waals surface area contributed by atoms with E-state index in [1.807, 2.05) is 51.9 Å². The Morgan fingerprint density at radius 1 is 1.04 bits per heavy atom. The molecule has 6 nitrogen and oxygen atoms in total. The molecule has 25 heavy (non-hydrogen) atoms. The molecule has 2 aromatic carbocycles. The van der Waals surface area contributed by atoms with Gasteiger partial charge in [0.05, 0.1) is 6.54 Å². The average molecular weight is 333 g/mol. The molecule has 1 fully saturated rings. The molecule has 1 atom stereocenters. The number of para-hydroxylation sites is 1. The summed E-state index contributed by atoms with van der Waals surface area (Å²) in [5.41, 5.74) is 3.05. The van der Waals surface area contributed by atoms with Gasteiger partial charge in [-0.25, -0.2) is 0 Å². The molecule has 6 heteroatoms. The minimum Gasteiger partial charge on any atom is -0.374 e. The maximum absolute atomic E-state index is 12.7. The fourth-order valence-corrected chi connectivity index (χ4v) is 3.15. The SMILES string of the molecule is O=C1[C@H](Nc2cccc(Cn3cnnc3)c2)CCN1c1ccccc1. The van der Waals surface area contributed by atoms with Crippen molar-refractivity contribution in [2.24, 2.45) is 0 Å². The van der Waals surface area contributed by atoms with Crippen molar-refractivity contribution in [2.45, 2.75) is 19.0 Å². The fraction of sp³-hybridized carbons (Fsp3) is 0.211. The van der Waals surface area contributed by atoms with Crippen molar-refractivity contribution >= 4 is 17.3 Å². The number of anilines is 2. The lowest BCUT2D eigenvalue weighted by molar-refractivity contribution is -0.117. The summed E-state index contributed by atoms with van der Waals surface area (Å²) < 4.78 is 1.91. The van der Waals surface area contributed by atoms with E-state index in [2.05, 4.69) is 27.6 Å². The quantitative estimate of drug-likeness (QED) is 0.779. The Bertz CT molecular complexity index is 847. The molecule has 0 unspecified atom stereocenters. The third-order valence-electron chi connectivity index (χ3n) is 4.37. The van der Waals surface area contributed by atoms with Gasteiger partial charge in [0.2, 0.25) is 5.91 Å². The molecular formula is C19H19N5O. The Hall–Kier alpha value is -3.15. The van der Waals surface area contributed by atoms with Crippen LogP contribution in [-0.4, -0.2) is 33.3 Å². The third kappa shape index (κ3) is 3.38. The number of amides is 1. The van der Waals surface area contributed by atoms with Crippen LogP contribution in [0.5, 0.6) is 0 Å². The lowest BCUT2D eigenvalue weighted by Crippen LogP contribution is -2.33. The van der Waals surface area contributed by atoms with Crippen LogP contribution < -0.4 is 10.2 Å². The van der Waals surface area contributed by atoms with E-state index < -0.39 is 0 Å². The van der Waals surface area contributed by atoms with Gasteiger partial charge in [-0.1, -0.05) is 30.3 Å². The summed E-state index contributed by atoms with van der Waals surface area (Å²) in [6.07, 6.45) is 4.18. The van der Waals surface area contributed by atoms with Gasteiger partial charge >= 0.3 is 0 Å². The van der Waals surface area contributed by atoms with Gasteiger partial charge in [0.1, 0.15) is 18.7 Å². The summed E-state index contributed by atoms with van der Waals surface area (Å²) in [4.78, 5) is 14.5. The second-order valence-corrected chi connectivity index (χ2v) is 6.15. The number of carbonyl (C=O) groups excluding carboxylic acids is 1. The molecule has 0 aliphatic carbocycles. The zero-order chi connectivity index (χ0) is 17.1. The fourth-order valence-electron chi connectivity index (χ4n) is 3.15. The first-order chi connectivity index (χ1) is 12.3. The van der Waals surface area contributed by atoms with Gasteiger partial charge < -0.3 is 14.8 Å². The molecule has 0 saturated carbocycles. The highest BCUT2D eigenvalue weighted by Crippen LogP contribution is 2.24. The molecule has 0 bridgehead atoms. The zero-order valence-corrected chi connectivity index (χ0v) is 13.7. The van der Waals surface area contributed by atoms with Crippen LogP contribution in [0.1, 0.15) is 12.0 Å². The van der Waals surface area contributed by atoms with E-state index in [-0.39, 0.29) is 11.9 Å². The van der Waals surface area contributed by atoms with Crippen LogP contribution in [0.4, 0.5) is 11.4 Å². The van der Waals surface area contributed by atoms with Crippen molar-refractivity contribution in [2.75, 3.05) is 16.8 Å². The van der Waals surface area contributed by atoms with Gasteiger partial charge in [0, 0.05) is 17.9 Å². The standard InChI is InChI=1S/C19H19N5O/c25-19-18(9-10-24(19)17-7-2-1-3-8-17)22-16-6-4-5-15(11-16)12-23-13-20-21-14-23/h1-8,11,13-14,18,22H,9-10,12H2/t18-/m1/s1. The second-order valence-electron chi connectivity index (χ2n) is 6.15. The van der Waals surface area contributed by atoms with E-state index in [9.17, 15) is 4.79 Å². The summed E-state index contributed by atoms with van der Waals surface area (Å²) in [5, 5.41) is 11.0. The number of nitrogens with one attached hydrogen (secondary N) is 1. The van der Waals surface area contributed by atoms with Crippen molar-refractivity contribution in [3.05, 3.63) is 72.8 Å². The summed E-state index contributed by atoms with van der Waals surface area (Å²) in [5.74, 6) is 0.121. The van der Waals surface area contributed by atoms with Gasteiger partial charge in [-0.2, -0.15) is 0 Å². The highest BCUT2D eigenvalue weighted by Gasteiger charge is 2.32. The van der Waals surface area contributed by atoms with Crippen molar-refractivity contribution in [1.29, 1.82) is 0 Å². The molecule has 1 amide bonds. The van der Waals surface area contributed by atoms with Gasteiger partial charge in [-0.05, 0) is 36.2 Å². The van der Waals surface area contributed by atoms with E-state index in [0.717, 1.165) is 29.9 Å². The van der Waals surface area contributed by atoms with E-state index in [1.54, 1.807) is 12.7 Å². The van der Waals surface area contributed by atoms with Crippen molar-refractivity contribution in [1.82, 2.24) is 14.8 Å². The highest BCUT2D eigenvalue weighted by atomic mass is 16.2. The van der Waals surface area contributed by atoms with Crippen LogP contribution in [0.25, 0.3) is 0 Å². The molecule has 2 heterocycles.